The summed E-state index contributed by atoms with van der Waals surface area (Å²) < 4.78 is 12.5. The molecule has 0 radical (unpaired) electrons. The van der Waals surface area contributed by atoms with Crippen molar-refractivity contribution in [3.05, 3.63) is 58.1 Å². The van der Waals surface area contributed by atoms with Gasteiger partial charge in [0.1, 0.15) is 0 Å². The number of aryl methyl sites for hydroxylation is 2. The maximum atomic E-state index is 12.0. The van der Waals surface area contributed by atoms with E-state index in [0.717, 1.165) is 27.8 Å². The zero-order valence-electron chi connectivity index (χ0n) is 15.1. The van der Waals surface area contributed by atoms with Gasteiger partial charge in [-0.05, 0) is 57.5 Å². The van der Waals surface area contributed by atoms with E-state index < -0.39 is 0 Å². The minimum atomic E-state index is -0.365. The molecule has 0 spiro atoms. The Morgan fingerprint density at radius 1 is 1.08 bits per heavy atom. The number of aromatic nitrogens is 3. The minimum absolute atomic E-state index is 0.0238. The van der Waals surface area contributed by atoms with E-state index in [2.05, 4.69) is 10.1 Å². The standard InChI is InChI=1S/C20H19N3O3/c1-11(2)23-16-8-7-14(10-17(16)25-20(23)24)18-21-19(26-22-18)15-9-12(3)5-6-13(15)4/h5-11H,1-4H3. The lowest BCUT2D eigenvalue weighted by atomic mass is 10.1. The predicted molar refractivity (Wildman–Crippen MR) is 99.1 cm³/mol. The summed E-state index contributed by atoms with van der Waals surface area (Å²) in [5.41, 5.74) is 5.13. The Kier molecular flexibility index (Phi) is 3.76. The lowest BCUT2D eigenvalue weighted by molar-refractivity contribution is 0.432. The first-order chi connectivity index (χ1) is 12.4. The van der Waals surface area contributed by atoms with Crippen LogP contribution in [0.4, 0.5) is 0 Å². The smallest absolute Gasteiger partial charge is 0.408 e. The number of fused-ring (bicyclic) bond motifs is 1. The maximum Gasteiger partial charge on any atom is 0.420 e. The Morgan fingerprint density at radius 3 is 2.65 bits per heavy atom. The van der Waals surface area contributed by atoms with Gasteiger partial charge < -0.3 is 8.94 Å². The van der Waals surface area contributed by atoms with Gasteiger partial charge in [-0.15, -0.1) is 0 Å². The zero-order chi connectivity index (χ0) is 18.4. The first-order valence-corrected chi connectivity index (χ1v) is 8.51. The molecule has 6 nitrogen and oxygen atoms in total. The van der Waals surface area contributed by atoms with Crippen LogP contribution in [0.25, 0.3) is 33.9 Å². The van der Waals surface area contributed by atoms with Crippen LogP contribution in [0.3, 0.4) is 0 Å². The van der Waals surface area contributed by atoms with Gasteiger partial charge in [-0.2, -0.15) is 4.98 Å². The Morgan fingerprint density at radius 2 is 1.88 bits per heavy atom. The number of rotatable bonds is 3. The van der Waals surface area contributed by atoms with E-state index in [-0.39, 0.29) is 11.8 Å². The van der Waals surface area contributed by atoms with Crippen LogP contribution in [0.15, 0.2) is 50.1 Å². The molecular formula is C20H19N3O3. The van der Waals surface area contributed by atoms with Crippen molar-refractivity contribution in [2.45, 2.75) is 33.7 Å². The lowest BCUT2D eigenvalue weighted by Crippen LogP contribution is -2.15. The second kappa shape index (κ2) is 5.98. The van der Waals surface area contributed by atoms with Crippen molar-refractivity contribution in [1.82, 2.24) is 14.7 Å². The number of hydrogen-bond donors (Lipinski definition) is 0. The fourth-order valence-electron chi connectivity index (χ4n) is 3.08. The number of hydrogen-bond acceptors (Lipinski definition) is 5. The van der Waals surface area contributed by atoms with Crippen LogP contribution in [0.1, 0.15) is 31.0 Å². The van der Waals surface area contributed by atoms with E-state index in [9.17, 15) is 4.79 Å². The average molecular weight is 349 g/mol. The molecule has 0 unspecified atom stereocenters. The molecule has 26 heavy (non-hydrogen) atoms. The Balaban J connectivity index is 1.78. The number of benzene rings is 2. The van der Waals surface area contributed by atoms with Gasteiger partial charge in [-0.25, -0.2) is 4.79 Å². The highest BCUT2D eigenvalue weighted by Gasteiger charge is 2.16. The van der Waals surface area contributed by atoms with Crippen LogP contribution in [0, 0.1) is 13.8 Å². The first-order valence-electron chi connectivity index (χ1n) is 8.51. The maximum absolute atomic E-state index is 12.0. The summed E-state index contributed by atoms with van der Waals surface area (Å²) in [6, 6.07) is 11.6. The van der Waals surface area contributed by atoms with Crippen molar-refractivity contribution in [2.75, 3.05) is 0 Å². The fourth-order valence-corrected chi connectivity index (χ4v) is 3.08. The van der Waals surface area contributed by atoms with E-state index in [0.29, 0.717) is 17.3 Å². The quantitative estimate of drug-likeness (QED) is 0.544. The molecule has 2 aromatic heterocycles. The molecular weight excluding hydrogens is 330 g/mol. The van der Waals surface area contributed by atoms with Gasteiger partial charge in [0.25, 0.3) is 5.89 Å². The largest absolute Gasteiger partial charge is 0.420 e. The highest BCUT2D eigenvalue weighted by Crippen LogP contribution is 2.28. The molecule has 0 N–H and O–H groups in total. The van der Waals surface area contributed by atoms with Crippen molar-refractivity contribution < 1.29 is 8.94 Å². The summed E-state index contributed by atoms with van der Waals surface area (Å²) >= 11 is 0. The first kappa shape index (κ1) is 16.3. The predicted octanol–water partition coefficient (Wildman–Crippen LogP) is 4.51. The second-order valence-corrected chi connectivity index (χ2v) is 6.76. The minimum Gasteiger partial charge on any atom is -0.408 e. The van der Waals surface area contributed by atoms with Gasteiger partial charge in [-0.3, -0.25) is 4.57 Å². The summed E-state index contributed by atoms with van der Waals surface area (Å²) in [6.07, 6.45) is 0. The van der Waals surface area contributed by atoms with Crippen LogP contribution >= 0.6 is 0 Å². The van der Waals surface area contributed by atoms with Crippen molar-refractivity contribution in [2.24, 2.45) is 0 Å². The molecule has 0 saturated heterocycles. The molecule has 0 amide bonds. The molecule has 4 aromatic rings. The van der Waals surface area contributed by atoms with E-state index in [1.807, 2.05) is 58.0 Å². The van der Waals surface area contributed by atoms with Crippen LogP contribution < -0.4 is 5.76 Å². The fraction of sp³-hybridized carbons (Fsp3) is 0.250. The SMILES string of the molecule is Cc1ccc(C)c(-c2nc(-c3ccc4c(c3)oc(=O)n4C(C)C)no2)c1. The van der Waals surface area contributed by atoms with Crippen LogP contribution in [-0.2, 0) is 0 Å². The third-order valence-corrected chi connectivity index (χ3v) is 4.44. The Bertz CT molecular complexity index is 1160. The molecule has 6 heteroatoms. The Labute approximate surface area is 150 Å². The Hall–Kier alpha value is -3.15. The van der Waals surface area contributed by atoms with Crippen LogP contribution in [-0.4, -0.2) is 14.7 Å². The van der Waals surface area contributed by atoms with E-state index in [1.165, 1.54) is 0 Å². The molecule has 2 heterocycles. The van der Waals surface area contributed by atoms with Gasteiger partial charge in [0.2, 0.25) is 5.82 Å². The van der Waals surface area contributed by atoms with E-state index in [1.54, 1.807) is 10.6 Å². The van der Waals surface area contributed by atoms with Crippen molar-refractivity contribution >= 4 is 11.1 Å². The van der Waals surface area contributed by atoms with Crippen molar-refractivity contribution in [3.8, 4) is 22.8 Å². The monoisotopic (exact) mass is 349 g/mol. The molecule has 0 aliphatic heterocycles. The topological polar surface area (TPSA) is 74.1 Å². The summed E-state index contributed by atoms with van der Waals surface area (Å²) in [5, 5.41) is 4.09. The summed E-state index contributed by atoms with van der Waals surface area (Å²) in [6.45, 7) is 7.92. The molecule has 0 aliphatic carbocycles. The molecule has 0 saturated carbocycles. The molecule has 2 aromatic carbocycles. The number of nitrogens with zero attached hydrogens (tertiary/aromatic N) is 3. The van der Waals surface area contributed by atoms with E-state index in [4.69, 9.17) is 8.94 Å². The van der Waals surface area contributed by atoms with Crippen molar-refractivity contribution in [1.29, 1.82) is 0 Å². The summed E-state index contributed by atoms with van der Waals surface area (Å²) in [4.78, 5) is 16.6. The van der Waals surface area contributed by atoms with Crippen LogP contribution in [0.5, 0.6) is 0 Å². The zero-order valence-corrected chi connectivity index (χ0v) is 15.1. The second-order valence-electron chi connectivity index (χ2n) is 6.76. The summed E-state index contributed by atoms with van der Waals surface area (Å²) in [5.74, 6) is 0.571. The van der Waals surface area contributed by atoms with Crippen molar-refractivity contribution in [3.63, 3.8) is 0 Å². The molecule has 0 bridgehead atoms. The van der Waals surface area contributed by atoms with Gasteiger partial charge in [-0.1, -0.05) is 22.9 Å². The van der Waals surface area contributed by atoms with Gasteiger partial charge in [0.15, 0.2) is 5.58 Å². The lowest BCUT2D eigenvalue weighted by Gasteiger charge is -2.04. The molecule has 0 fully saturated rings. The highest BCUT2D eigenvalue weighted by atomic mass is 16.5. The third-order valence-electron chi connectivity index (χ3n) is 4.44. The normalized spacial score (nSPS) is 11.6. The van der Waals surface area contributed by atoms with Gasteiger partial charge >= 0.3 is 5.76 Å². The number of oxazole rings is 1. The molecule has 132 valence electrons. The van der Waals surface area contributed by atoms with Gasteiger partial charge in [0.05, 0.1) is 5.52 Å². The molecule has 4 rings (SSSR count). The molecule has 0 aliphatic rings. The summed E-state index contributed by atoms with van der Waals surface area (Å²) in [7, 11) is 0. The average Bonchev–Trinajstić information content (AvgIpc) is 3.19. The van der Waals surface area contributed by atoms with Crippen LogP contribution in [0.2, 0.25) is 0 Å². The van der Waals surface area contributed by atoms with E-state index >= 15 is 0 Å². The van der Waals surface area contributed by atoms with Gasteiger partial charge in [0, 0.05) is 17.2 Å². The third kappa shape index (κ3) is 2.63. The molecule has 0 atom stereocenters. The highest BCUT2D eigenvalue weighted by molar-refractivity contribution is 5.79.